The highest BCUT2D eigenvalue weighted by atomic mass is 32.2. The number of carbonyl (C=O) groups is 1. The fourth-order valence-corrected chi connectivity index (χ4v) is 2.37. The predicted molar refractivity (Wildman–Crippen MR) is 59.7 cm³/mol. The van der Waals surface area contributed by atoms with Crippen molar-refractivity contribution in [3.05, 3.63) is 29.8 Å². The van der Waals surface area contributed by atoms with Crippen LogP contribution in [0.1, 0.15) is 5.56 Å². The van der Waals surface area contributed by atoms with Crippen molar-refractivity contribution in [1.82, 2.24) is 0 Å². The molecule has 1 saturated heterocycles. The van der Waals surface area contributed by atoms with E-state index >= 15 is 0 Å². The molecule has 5 nitrogen and oxygen atoms in total. The lowest BCUT2D eigenvalue weighted by Gasteiger charge is -2.37. The summed E-state index contributed by atoms with van der Waals surface area (Å²) in [5.41, 5.74) is -0.445. The molecule has 0 radical (unpaired) electrons. The number of benzene rings is 1. The molecule has 1 aromatic rings. The predicted octanol–water partition coefficient (Wildman–Crippen LogP) is 0.443. The molecule has 6 heteroatoms. The summed E-state index contributed by atoms with van der Waals surface area (Å²) < 4.78 is 27.5. The summed E-state index contributed by atoms with van der Waals surface area (Å²) in [7, 11) is -3.25. The summed E-state index contributed by atoms with van der Waals surface area (Å²) in [6.45, 7) is 0.251. The zero-order valence-electron chi connectivity index (χ0n) is 9.21. The van der Waals surface area contributed by atoms with Gasteiger partial charge >= 0.3 is 5.97 Å². The van der Waals surface area contributed by atoms with Gasteiger partial charge in [0.2, 0.25) is 0 Å². The van der Waals surface area contributed by atoms with E-state index in [1.54, 1.807) is 0 Å². The van der Waals surface area contributed by atoms with Crippen LogP contribution in [0.25, 0.3) is 0 Å². The number of aliphatic carboxylic acids is 1. The highest BCUT2D eigenvalue weighted by molar-refractivity contribution is 7.90. The maximum atomic E-state index is 11.3. The van der Waals surface area contributed by atoms with Gasteiger partial charge in [-0.3, -0.25) is 4.79 Å². The van der Waals surface area contributed by atoms with Crippen LogP contribution in [0.4, 0.5) is 0 Å². The fraction of sp³-hybridized carbons (Fsp3) is 0.364. The van der Waals surface area contributed by atoms with Crippen molar-refractivity contribution in [3.8, 4) is 0 Å². The first-order valence-electron chi connectivity index (χ1n) is 4.98. The summed E-state index contributed by atoms with van der Waals surface area (Å²) in [4.78, 5) is 11.4. The minimum absolute atomic E-state index is 0.126. The van der Waals surface area contributed by atoms with Gasteiger partial charge in [0, 0.05) is 6.26 Å². The molecule has 0 spiro atoms. The molecule has 0 atom stereocenters. The summed E-state index contributed by atoms with van der Waals surface area (Å²) in [5, 5.41) is 9.17. The van der Waals surface area contributed by atoms with Crippen LogP contribution < -0.4 is 0 Å². The Balaban J connectivity index is 2.39. The van der Waals surface area contributed by atoms with Gasteiger partial charge in [0.1, 0.15) is 5.41 Å². The molecule has 1 aliphatic rings. The number of carboxylic acids is 1. The Kier molecular flexibility index (Phi) is 2.71. The molecule has 0 bridgehead atoms. The van der Waals surface area contributed by atoms with Crippen LogP contribution >= 0.6 is 0 Å². The highest BCUT2D eigenvalue weighted by Crippen LogP contribution is 2.33. The van der Waals surface area contributed by atoms with Crippen LogP contribution in [0.2, 0.25) is 0 Å². The van der Waals surface area contributed by atoms with Crippen LogP contribution in [-0.4, -0.2) is 39.0 Å². The van der Waals surface area contributed by atoms with Crippen molar-refractivity contribution in [3.63, 3.8) is 0 Å². The van der Waals surface area contributed by atoms with Gasteiger partial charge in [-0.2, -0.15) is 0 Å². The number of ether oxygens (including phenoxy) is 1. The standard InChI is InChI=1S/C11H12O5S/c1-17(14,15)9-4-2-8(3-5-9)11(10(12)13)6-16-7-11/h2-5H,6-7H2,1H3,(H,12,13). The maximum absolute atomic E-state index is 11.3. The van der Waals surface area contributed by atoms with Gasteiger partial charge < -0.3 is 9.84 Å². The minimum Gasteiger partial charge on any atom is -0.480 e. The zero-order valence-corrected chi connectivity index (χ0v) is 10.0. The van der Waals surface area contributed by atoms with Crippen molar-refractivity contribution in [2.75, 3.05) is 19.5 Å². The Hall–Kier alpha value is -1.40. The number of hydrogen-bond donors (Lipinski definition) is 1. The number of rotatable bonds is 3. The molecule has 0 aliphatic carbocycles. The summed E-state index contributed by atoms with van der Waals surface area (Å²) >= 11 is 0. The number of hydrogen-bond acceptors (Lipinski definition) is 4. The quantitative estimate of drug-likeness (QED) is 0.848. The molecule has 0 unspecified atom stereocenters. The molecule has 0 saturated carbocycles. The first-order valence-corrected chi connectivity index (χ1v) is 6.87. The SMILES string of the molecule is CS(=O)(=O)c1ccc(C2(C(=O)O)COC2)cc1. The zero-order chi connectivity index (χ0) is 12.7. The lowest BCUT2D eigenvalue weighted by Crippen LogP contribution is -2.53. The smallest absolute Gasteiger partial charge is 0.318 e. The molecule has 17 heavy (non-hydrogen) atoms. The van der Waals surface area contributed by atoms with Crippen LogP contribution in [0.15, 0.2) is 29.2 Å². The van der Waals surface area contributed by atoms with Crippen LogP contribution in [0, 0.1) is 0 Å². The van der Waals surface area contributed by atoms with E-state index in [0.29, 0.717) is 5.56 Å². The number of carboxylic acid groups (broad SMARTS) is 1. The van der Waals surface area contributed by atoms with Gasteiger partial charge in [-0.15, -0.1) is 0 Å². The van der Waals surface area contributed by atoms with Crippen molar-refractivity contribution in [2.24, 2.45) is 0 Å². The van der Waals surface area contributed by atoms with E-state index in [1.165, 1.54) is 24.3 Å². The lowest BCUT2D eigenvalue weighted by molar-refractivity contribution is -0.163. The molecule has 1 heterocycles. The second-order valence-corrected chi connectivity index (χ2v) is 6.19. The molecular weight excluding hydrogens is 244 g/mol. The van der Waals surface area contributed by atoms with Gasteiger partial charge in [0.25, 0.3) is 0 Å². The monoisotopic (exact) mass is 256 g/mol. The van der Waals surface area contributed by atoms with E-state index in [-0.39, 0.29) is 18.1 Å². The Morgan fingerprint density at radius 3 is 2.12 bits per heavy atom. The lowest BCUT2D eigenvalue weighted by atomic mass is 9.79. The van der Waals surface area contributed by atoms with Gasteiger partial charge in [-0.05, 0) is 17.7 Å². The van der Waals surface area contributed by atoms with Crippen molar-refractivity contribution >= 4 is 15.8 Å². The molecule has 2 rings (SSSR count). The van der Waals surface area contributed by atoms with E-state index in [0.717, 1.165) is 6.26 Å². The minimum atomic E-state index is -3.25. The van der Waals surface area contributed by atoms with Crippen molar-refractivity contribution in [1.29, 1.82) is 0 Å². The van der Waals surface area contributed by atoms with Gasteiger partial charge in [-0.1, -0.05) is 12.1 Å². The fourth-order valence-electron chi connectivity index (χ4n) is 1.74. The van der Waals surface area contributed by atoms with Crippen LogP contribution in [-0.2, 0) is 24.8 Å². The number of sulfone groups is 1. The first kappa shape index (κ1) is 12.1. The molecule has 1 N–H and O–H groups in total. The Labute approximate surface area is 98.9 Å². The van der Waals surface area contributed by atoms with E-state index in [4.69, 9.17) is 9.84 Å². The normalized spacial score (nSPS) is 18.4. The van der Waals surface area contributed by atoms with Crippen LogP contribution in [0.3, 0.4) is 0 Å². The van der Waals surface area contributed by atoms with Crippen molar-refractivity contribution < 1.29 is 23.1 Å². The molecule has 1 fully saturated rings. The third-order valence-electron chi connectivity index (χ3n) is 2.94. The summed E-state index contributed by atoms with van der Waals surface area (Å²) in [6.07, 6.45) is 1.11. The van der Waals surface area contributed by atoms with Crippen molar-refractivity contribution in [2.45, 2.75) is 10.3 Å². The first-order chi connectivity index (χ1) is 7.86. The summed E-state index contributed by atoms with van der Waals surface area (Å²) in [6, 6.07) is 5.92. The van der Waals surface area contributed by atoms with E-state index in [2.05, 4.69) is 0 Å². The van der Waals surface area contributed by atoms with E-state index in [9.17, 15) is 13.2 Å². The molecule has 0 aromatic heterocycles. The molecular formula is C11H12O5S. The van der Waals surface area contributed by atoms with E-state index in [1.807, 2.05) is 0 Å². The van der Waals surface area contributed by atoms with Crippen LogP contribution in [0.5, 0.6) is 0 Å². The van der Waals surface area contributed by atoms with Gasteiger partial charge in [0.05, 0.1) is 18.1 Å². The molecule has 1 aromatic carbocycles. The average molecular weight is 256 g/mol. The Morgan fingerprint density at radius 1 is 1.29 bits per heavy atom. The second kappa shape index (κ2) is 3.82. The molecule has 92 valence electrons. The largest absolute Gasteiger partial charge is 0.480 e. The molecule has 0 amide bonds. The maximum Gasteiger partial charge on any atom is 0.318 e. The average Bonchev–Trinajstić information content (AvgIpc) is 2.14. The Bertz CT molecular complexity index is 540. The Morgan fingerprint density at radius 2 is 1.82 bits per heavy atom. The topological polar surface area (TPSA) is 80.7 Å². The third kappa shape index (κ3) is 1.94. The summed E-state index contributed by atoms with van der Waals surface area (Å²) in [5.74, 6) is -0.948. The second-order valence-electron chi connectivity index (χ2n) is 4.18. The van der Waals surface area contributed by atoms with Gasteiger partial charge in [-0.25, -0.2) is 8.42 Å². The third-order valence-corrected chi connectivity index (χ3v) is 4.07. The highest BCUT2D eigenvalue weighted by Gasteiger charge is 2.47. The molecule has 1 aliphatic heterocycles. The van der Waals surface area contributed by atoms with Gasteiger partial charge in [0.15, 0.2) is 9.84 Å². The van der Waals surface area contributed by atoms with E-state index < -0.39 is 21.2 Å².